The van der Waals surface area contributed by atoms with Gasteiger partial charge in [0.1, 0.15) is 5.76 Å². The van der Waals surface area contributed by atoms with Crippen LogP contribution in [-0.2, 0) is 11.2 Å². The van der Waals surface area contributed by atoms with Gasteiger partial charge < -0.3 is 9.64 Å². The predicted molar refractivity (Wildman–Crippen MR) is 113 cm³/mol. The number of nitriles is 1. The first kappa shape index (κ1) is 19.8. The Kier molecular flexibility index (Phi) is 5.61. The van der Waals surface area contributed by atoms with Gasteiger partial charge in [0, 0.05) is 24.2 Å². The van der Waals surface area contributed by atoms with Gasteiger partial charge >= 0.3 is 0 Å². The number of fused-ring (bicyclic) bond motifs is 1. The molecule has 2 aliphatic heterocycles. The zero-order valence-corrected chi connectivity index (χ0v) is 17.1. The van der Waals surface area contributed by atoms with Crippen LogP contribution in [0.3, 0.4) is 0 Å². The number of allylic oxidation sites excluding steroid dienone is 3. The van der Waals surface area contributed by atoms with Gasteiger partial charge in [0.2, 0.25) is 0 Å². The fraction of sp³-hybridized carbons (Fsp3) is 0.417. The van der Waals surface area contributed by atoms with Gasteiger partial charge in [-0.15, -0.1) is 0 Å². The SMILES string of the molecule is [C-]#[N+]C(C#N)=C1C=C(C=Cc2ccc3c(c2)CCCN3C(C)(C)C)OC(C)C1. The summed E-state index contributed by atoms with van der Waals surface area (Å²) in [6, 6.07) is 8.60. The fourth-order valence-electron chi connectivity index (χ4n) is 3.87. The van der Waals surface area contributed by atoms with Gasteiger partial charge in [0.05, 0.1) is 18.7 Å². The smallest absolute Gasteiger partial charge is 0.265 e. The highest BCUT2D eigenvalue weighted by Crippen LogP contribution is 2.33. The van der Waals surface area contributed by atoms with Gasteiger partial charge in [-0.25, -0.2) is 10.1 Å². The zero-order valence-electron chi connectivity index (χ0n) is 17.1. The van der Waals surface area contributed by atoms with Crippen molar-refractivity contribution in [2.24, 2.45) is 0 Å². The van der Waals surface area contributed by atoms with E-state index in [0.717, 1.165) is 24.1 Å². The van der Waals surface area contributed by atoms with Crippen molar-refractivity contribution >= 4 is 11.8 Å². The molecular weight excluding hydrogens is 346 g/mol. The lowest BCUT2D eigenvalue weighted by Gasteiger charge is -2.41. The molecule has 1 aromatic rings. The molecule has 0 aromatic heterocycles. The molecule has 0 saturated carbocycles. The van der Waals surface area contributed by atoms with Gasteiger partial charge in [-0.1, -0.05) is 12.1 Å². The van der Waals surface area contributed by atoms with Crippen LogP contribution in [-0.4, -0.2) is 18.2 Å². The summed E-state index contributed by atoms with van der Waals surface area (Å²) in [5, 5.41) is 9.14. The summed E-state index contributed by atoms with van der Waals surface area (Å²) in [5.41, 5.74) is 4.87. The maximum Gasteiger partial charge on any atom is 0.265 e. The van der Waals surface area contributed by atoms with Crippen LogP contribution in [0.25, 0.3) is 10.9 Å². The van der Waals surface area contributed by atoms with Crippen molar-refractivity contribution in [2.75, 3.05) is 11.4 Å². The molecule has 2 heterocycles. The van der Waals surface area contributed by atoms with Gasteiger partial charge in [0.15, 0.2) is 0 Å². The van der Waals surface area contributed by atoms with Crippen LogP contribution < -0.4 is 4.90 Å². The van der Waals surface area contributed by atoms with E-state index in [9.17, 15) is 0 Å². The van der Waals surface area contributed by atoms with Crippen LogP contribution in [0.4, 0.5) is 5.69 Å². The number of hydrogen-bond acceptors (Lipinski definition) is 3. The van der Waals surface area contributed by atoms with Crippen molar-refractivity contribution in [3.8, 4) is 6.07 Å². The number of hydrogen-bond donors (Lipinski definition) is 0. The second-order valence-corrected chi connectivity index (χ2v) is 8.42. The summed E-state index contributed by atoms with van der Waals surface area (Å²) < 4.78 is 5.87. The van der Waals surface area contributed by atoms with Crippen LogP contribution in [0.15, 0.2) is 47.4 Å². The molecule has 1 atom stereocenters. The number of ether oxygens (including phenoxy) is 1. The minimum absolute atomic E-state index is 0.0476. The van der Waals surface area contributed by atoms with Crippen LogP contribution in [0.2, 0.25) is 0 Å². The van der Waals surface area contributed by atoms with Crippen LogP contribution in [0, 0.1) is 17.9 Å². The molecule has 144 valence electrons. The lowest BCUT2D eigenvalue weighted by Crippen LogP contribution is -2.44. The van der Waals surface area contributed by atoms with Gasteiger partial charge in [0.25, 0.3) is 5.70 Å². The fourth-order valence-corrected chi connectivity index (χ4v) is 3.87. The van der Waals surface area contributed by atoms with Crippen molar-refractivity contribution < 1.29 is 4.74 Å². The first-order valence-electron chi connectivity index (χ1n) is 9.79. The number of anilines is 1. The quantitative estimate of drug-likeness (QED) is 0.497. The maximum atomic E-state index is 9.14. The summed E-state index contributed by atoms with van der Waals surface area (Å²) in [7, 11) is 0. The van der Waals surface area contributed by atoms with Crippen molar-refractivity contribution in [3.05, 3.63) is 69.9 Å². The van der Waals surface area contributed by atoms with Crippen LogP contribution >= 0.6 is 0 Å². The average molecular weight is 374 g/mol. The number of nitrogens with zero attached hydrogens (tertiary/aromatic N) is 3. The molecule has 4 nitrogen and oxygen atoms in total. The molecular formula is C24H27N3O. The van der Waals surface area contributed by atoms with Gasteiger partial charge in [-0.3, -0.25) is 0 Å². The van der Waals surface area contributed by atoms with E-state index in [4.69, 9.17) is 16.6 Å². The Labute approximate surface area is 168 Å². The number of rotatable bonds is 2. The summed E-state index contributed by atoms with van der Waals surface area (Å²) in [6.45, 7) is 17.0. The topological polar surface area (TPSA) is 40.6 Å². The standard InChI is InChI=1S/C24H27N3O/c1-17-13-20(22(16-25)26-5)15-21(28-17)10-8-18-9-11-23-19(14-18)7-6-12-27(23)24(2,3)4/h8-11,14-15,17H,6-7,12-13H2,1-4H3. The molecule has 0 amide bonds. The van der Waals surface area contributed by atoms with Crippen molar-refractivity contribution in [1.82, 2.24) is 0 Å². The third kappa shape index (κ3) is 4.29. The zero-order chi connectivity index (χ0) is 20.3. The van der Waals surface area contributed by atoms with E-state index in [1.165, 1.54) is 17.7 Å². The highest BCUT2D eigenvalue weighted by Gasteiger charge is 2.26. The first-order valence-corrected chi connectivity index (χ1v) is 9.79. The highest BCUT2D eigenvalue weighted by molar-refractivity contribution is 5.64. The average Bonchev–Trinajstić information content (AvgIpc) is 2.65. The normalized spacial score (nSPS) is 21.3. The Balaban J connectivity index is 1.87. The first-order chi connectivity index (χ1) is 13.3. The number of aryl methyl sites for hydroxylation is 1. The van der Waals surface area contributed by atoms with Crippen LogP contribution in [0.1, 0.15) is 51.7 Å². The van der Waals surface area contributed by atoms with E-state index in [2.05, 4.69) is 48.7 Å². The summed E-state index contributed by atoms with van der Waals surface area (Å²) >= 11 is 0. The van der Waals surface area contributed by atoms with E-state index >= 15 is 0 Å². The molecule has 0 radical (unpaired) electrons. The van der Waals surface area contributed by atoms with Gasteiger partial charge in [-0.05, 0) is 81.5 Å². The molecule has 0 aliphatic carbocycles. The summed E-state index contributed by atoms with van der Waals surface area (Å²) in [5.74, 6) is 0.694. The maximum absolute atomic E-state index is 9.14. The third-order valence-electron chi connectivity index (χ3n) is 5.15. The molecule has 3 rings (SSSR count). The van der Waals surface area contributed by atoms with Crippen LogP contribution in [0.5, 0.6) is 0 Å². The molecule has 0 fully saturated rings. The molecule has 0 saturated heterocycles. The van der Waals surface area contributed by atoms with E-state index in [1.807, 2.05) is 31.2 Å². The molecule has 1 aromatic carbocycles. The Morgan fingerprint density at radius 1 is 1.36 bits per heavy atom. The Morgan fingerprint density at radius 2 is 2.14 bits per heavy atom. The lowest BCUT2D eigenvalue weighted by atomic mass is 9.94. The van der Waals surface area contributed by atoms with Crippen molar-refractivity contribution in [3.63, 3.8) is 0 Å². The second-order valence-electron chi connectivity index (χ2n) is 8.42. The van der Waals surface area contributed by atoms with Gasteiger partial charge in [-0.2, -0.15) is 0 Å². The molecule has 1 unspecified atom stereocenters. The molecule has 0 spiro atoms. The minimum Gasteiger partial charge on any atom is -0.490 e. The van der Waals surface area contributed by atoms with Crippen molar-refractivity contribution in [2.45, 2.75) is 58.6 Å². The van der Waals surface area contributed by atoms with E-state index in [0.29, 0.717) is 12.2 Å². The largest absolute Gasteiger partial charge is 0.490 e. The monoisotopic (exact) mass is 373 g/mol. The Hall–Kier alpha value is -2.98. The molecule has 28 heavy (non-hydrogen) atoms. The lowest BCUT2D eigenvalue weighted by molar-refractivity contribution is 0.133. The molecule has 4 heteroatoms. The highest BCUT2D eigenvalue weighted by atomic mass is 16.5. The minimum atomic E-state index is -0.0476. The molecule has 0 bridgehead atoms. The van der Waals surface area contributed by atoms with Crippen molar-refractivity contribution in [1.29, 1.82) is 5.26 Å². The second kappa shape index (κ2) is 7.95. The summed E-state index contributed by atoms with van der Waals surface area (Å²) in [4.78, 5) is 5.82. The van der Waals surface area contributed by atoms with E-state index < -0.39 is 0 Å². The number of benzene rings is 1. The Morgan fingerprint density at radius 3 is 2.82 bits per heavy atom. The Bertz CT molecular complexity index is 916. The van der Waals surface area contributed by atoms with E-state index in [1.54, 1.807) is 0 Å². The summed E-state index contributed by atoms with van der Waals surface area (Å²) in [6.07, 6.45) is 8.60. The molecule has 0 N–H and O–H groups in total. The molecule has 2 aliphatic rings. The third-order valence-corrected chi connectivity index (χ3v) is 5.15. The van der Waals surface area contributed by atoms with E-state index in [-0.39, 0.29) is 17.3 Å². The predicted octanol–water partition coefficient (Wildman–Crippen LogP) is 5.64.